The predicted molar refractivity (Wildman–Crippen MR) is 151 cm³/mol. The minimum absolute atomic E-state index is 0.0534. The molecule has 2 saturated heterocycles. The van der Waals surface area contributed by atoms with E-state index < -0.39 is 9.84 Å². The number of anilines is 1. The van der Waals surface area contributed by atoms with Crippen LogP contribution in [0.25, 0.3) is 28.0 Å². The zero-order chi connectivity index (χ0) is 28.3. The topological polar surface area (TPSA) is 165 Å². The fraction of sp³-hybridized carbons (Fsp3) is 0.286. The molecule has 2 fully saturated rings. The Labute approximate surface area is 235 Å². The average Bonchev–Trinajstić information content (AvgIpc) is 3.71. The highest BCUT2D eigenvalue weighted by atomic mass is 32.2. The minimum atomic E-state index is -3.71. The van der Waals surface area contributed by atoms with Crippen LogP contribution < -0.4 is 5.73 Å². The van der Waals surface area contributed by atoms with E-state index in [0.29, 0.717) is 24.2 Å². The van der Waals surface area contributed by atoms with Crippen LogP contribution in [0.3, 0.4) is 0 Å². The maximum Gasteiger partial charge on any atom is 0.292 e. The molecule has 13 heteroatoms. The van der Waals surface area contributed by atoms with Crippen molar-refractivity contribution in [1.29, 1.82) is 0 Å². The van der Waals surface area contributed by atoms with Crippen molar-refractivity contribution in [2.45, 2.75) is 48.6 Å². The van der Waals surface area contributed by atoms with Crippen molar-refractivity contribution in [1.82, 2.24) is 39.4 Å². The van der Waals surface area contributed by atoms with Crippen molar-refractivity contribution in [2.24, 2.45) is 0 Å². The molecule has 7 heterocycles. The van der Waals surface area contributed by atoms with Crippen molar-refractivity contribution in [3.8, 4) is 22.4 Å². The van der Waals surface area contributed by atoms with E-state index in [9.17, 15) is 13.2 Å². The third kappa shape index (κ3) is 4.24. The molecule has 5 aromatic heterocycles. The second-order valence-corrected chi connectivity index (χ2v) is 12.6. The van der Waals surface area contributed by atoms with Gasteiger partial charge in [-0.05, 0) is 49.9 Å². The van der Waals surface area contributed by atoms with Crippen molar-refractivity contribution < 1.29 is 13.2 Å². The summed E-state index contributed by atoms with van der Waals surface area (Å²) in [5, 5.41) is 7.64. The van der Waals surface area contributed by atoms with Crippen molar-refractivity contribution >= 4 is 27.2 Å². The van der Waals surface area contributed by atoms with E-state index >= 15 is 0 Å². The third-order valence-corrected chi connectivity index (χ3v) is 9.37. The molecule has 2 aliphatic heterocycles. The number of hydrogen-bond donors (Lipinski definition) is 2. The van der Waals surface area contributed by atoms with Gasteiger partial charge in [-0.3, -0.25) is 19.2 Å². The Bertz CT molecular complexity index is 1860. The molecule has 0 saturated carbocycles. The summed E-state index contributed by atoms with van der Waals surface area (Å²) < 4.78 is 27.8. The van der Waals surface area contributed by atoms with Gasteiger partial charge < -0.3 is 15.6 Å². The van der Waals surface area contributed by atoms with Gasteiger partial charge in [0, 0.05) is 65.7 Å². The lowest BCUT2D eigenvalue weighted by Crippen LogP contribution is -2.46. The van der Waals surface area contributed by atoms with Gasteiger partial charge in [0.2, 0.25) is 5.82 Å². The Morgan fingerprint density at radius 1 is 1.05 bits per heavy atom. The first-order valence-electron chi connectivity index (χ1n) is 13.4. The number of carbonyl (C=O) groups is 1. The largest absolute Gasteiger partial charge is 0.384 e. The maximum atomic E-state index is 13.1. The van der Waals surface area contributed by atoms with Crippen LogP contribution in [0.4, 0.5) is 5.82 Å². The lowest BCUT2D eigenvalue weighted by atomic mass is 9.87. The molecule has 208 valence electrons. The van der Waals surface area contributed by atoms with Crippen LogP contribution in [-0.2, 0) is 9.84 Å². The summed E-state index contributed by atoms with van der Waals surface area (Å²) in [6, 6.07) is 9.46. The molecule has 0 aromatic carbocycles. The van der Waals surface area contributed by atoms with Gasteiger partial charge in [0.1, 0.15) is 22.7 Å². The Morgan fingerprint density at radius 2 is 1.80 bits per heavy atom. The molecule has 0 unspecified atom stereocenters. The van der Waals surface area contributed by atoms with Crippen LogP contribution in [0.1, 0.15) is 47.9 Å². The standard InChI is InChI=1S/C28H27N9O3S/c1-41(39,40)24-23(18-12-19-3-4-20(13-18)37(19)28(38)26-32-15-33-35-26)34-27-21(8-11-36(27)25(24)29)17-2-5-22(31-14-17)16-6-9-30-10-7-16/h2,5-11,14-15,18-20H,3-4,12-13,29H2,1H3,(H,32,33,35)/t18-,19-,20+. The minimum Gasteiger partial charge on any atom is -0.384 e. The first-order valence-corrected chi connectivity index (χ1v) is 15.2. The highest BCUT2D eigenvalue weighted by molar-refractivity contribution is 7.91. The number of aromatic amines is 1. The van der Waals surface area contributed by atoms with Crippen LogP contribution in [0.5, 0.6) is 0 Å². The molecule has 0 spiro atoms. The fourth-order valence-corrected chi connectivity index (χ4v) is 7.50. The lowest BCUT2D eigenvalue weighted by Gasteiger charge is -2.38. The van der Waals surface area contributed by atoms with Gasteiger partial charge in [0.25, 0.3) is 5.91 Å². The van der Waals surface area contributed by atoms with Gasteiger partial charge >= 0.3 is 0 Å². The quantitative estimate of drug-likeness (QED) is 0.323. The zero-order valence-electron chi connectivity index (χ0n) is 22.2. The van der Waals surface area contributed by atoms with Crippen LogP contribution in [-0.4, -0.2) is 72.1 Å². The molecule has 0 radical (unpaired) electrons. The number of nitrogens with one attached hydrogen (secondary N) is 1. The number of sulfone groups is 1. The van der Waals surface area contributed by atoms with E-state index in [1.807, 2.05) is 35.2 Å². The SMILES string of the molecule is CS(=O)(=O)c1c([C@@H]2C[C@H]3CC[C@@H](C2)N3C(=O)c2nnc[nH]2)nc2c(-c3ccc(-c4ccncc4)nc3)ccn2c1N. The summed E-state index contributed by atoms with van der Waals surface area (Å²) in [5.41, 5.74) is 11.0. The first-order chi connectivity index (χ1) is 19.8. The normalized spacial score (nSPS) is 20.5. The number of H-pyrrole nitrogens is 1. The number of amides is 1. The van der Waals surface area contributed by atoms with Crippen LogP contribution in [0.15, 0.2) is 66.3 Å². The van der Waals surface area contributed by atoms with Crippen LogP contribution in [0, 0.1) is 0 Å². The number of hydrogen-bond acceptors (Lipinski definition) is 9. The maximum absolute atomic E-state index is 13.1. The van der Waals surface area contributed by atoms with E-state index in [1.54, 1.807) is 29.2 Å². The Kier molecular flexibility index (Phi) is 5.85. The molecule has 3 N–H and O–H groups in total. The number of aromatic nitrogens is 7. The molecule has 0 aliphatic carbocycles. The molecule has 5 aromatic rings. The molecule has 2 bridgehead atoms. The number of nitrogens with zero attached hydrogens (tertiary/aromatic N) is 7. The first kappa shape index (κ1) is 25.3. The van der Waals surface area contributed by atoms with Gasteiger partial charge in [-0.1, -0.05) is 6.07 Å². The molecule has 3 atom stereocenters. The molecular weight excluding hydrogens is 542 g/mol. The molecule has 1 amide bonds. The van der Waals surface area contributed by atoms with E-state index in [4.69, 9.17) is 10.7 Å². The van der Waals surface area contributed by atoms with Gasteiger partial charge in [-0.25, -0.2) is 13.4 Å². The second-order valence-electron chi connectivity index (χ2n) is 10.7. The summed E-state index contributed by atoms with van der Waals surface area (Å²) in [4.78, 5) is 31.6. The predicted octanol–water partition coefficient (Wildman–Crippen LogP) is 3.11. The van der Waals surface area contributed by atoms with Crippen LogP contribution >= 0.6 is 0 Å². The number of fused-ring (bicyclic) bond motifs is 3. The molecule has 7 rings (SSSR count). The lowest BCUT2D eigenvalue weighted by molar-refractivity contribution is 0.0556. The highest BCUT2D eigenvalue weighted by Crippen LogP contribution is 2.45. The van der Waals surface area contributed by atoms with E-state index in [-0.39, 0.29) is 40.4 Å². The van der Waals surface area contributed by atoms with Crippen LogP contribution in [0.2, 0.25) is 0 Å². The number of pyridine rings is 2. The number of rotatable bonds is 5. The summed E-state index contributed by atoms with van der Waals surface area (Å²) >= 11 is 0. The third-order valence-electron chi connectivity index (χ3n) is 8.21. The summed E-state index contributed by atoms with van der Waals surface area (Å²) in [5.74, 6) is -0.0236. The van der Waals surface area contributed by atoms with Crippen molar-refractivity contribution in [3.63, 3.8) is 0 Å². The number of nitrogen functional groups attached to an aromatic ring is 1. The zero-order valence-corrected chi connectivity index (χ0v) is 23.0. The summed E-state index contributed by atoms with van der Waals surface area (Å²) in [6.07, 6.45) is 12.3. The van der Waals surface area contributed by atoms with Crippen molar-refractivity contribution in [3.05, 3.63) is 73.0 Å². The number of carbonyl (C=O) groups excluding carboxylic acids is 1. The fourth-order valence-electron chi connectivity index (χ4n) is 6.43. The van der Waals surface area contributed by atoms with E-state index in [2.05, 4.69) is 25.1 Å². The Morgan fingerprint density at radius 3 is 2.44 bits per heavy atom. The van der Waals surface area contributed by atoms with Gasteiger partial charge in [0.05, 0.1) is 11.4 Å². The monoisotopic (exact) mass is 569 g/mol. The molecule has 12 nitrogen and oxygen atoms in total. The molecule has 41 heavy (non-hydrogen) atoms. The summed E-state index contributed by atoms with van der Waals surface area (Å²) in [7, 11) is -3.71. The van der Waals surface area contributed by atoms with Gasteiger partial charge in [0.15, 0.2) is 9.84 Å². The highest BCUT2D eigenvalue weighted by Gasteiger charge is 2.46. The smallest absolute Gasteiger partial charge is 0.292 e. The van der Waals surface area contributed by atoms with Gasteiger partial charge in [-0.15, -0.1) is 10.2 Å². The Balaban J connectivity index is 1.29. The number of nitrogens with two attached hydrogens (primary N) is 1. The van der Waals surface area contributed by atoms with E-state index in [1.165, 1.54) is 12.6 Å². The summed E-state index contributed by atoms with van der Waals surface area (Å²) in [6.45, 7) is 0. The van der Waals surface area contributed by atoms with Gasteiger partial charge in [-0.2, -0.15) is 0 Å². The average molecular weight is 570 g/mol. The van der Waals surface area contributed by atoms with E-state index in [0.717, 1.165) is 35.2 Å². The molecular formula is C28H27N9O3S. The Hall–Kier alpha value is -4.65. The van der Waals surface area contributed by atoms with Crippen molar-refractivity contribution in [2.75, 3.05) is 12.0 Å². The second kappa shape index (κ2) is 9.47. The number of piperidine rings is 1. The molecule has 2 aliphatic rings.